The second kappa shape index (κ2) is 18.2. The van der Waals surface area contributed by atoms with Gasteiger partial charge >= 0.3 is 0 Å². The Bertz CT molecular complexity index is 1310. The lowest BCUT2D eigenvalue weighted by atomic mass is 9.87. The van der Waals surface area contributed by atoms with Gasteiger partial charge < -0.3 is 35.0 Å². The van der Waals surface area contributed by atoms with Gasteiger partial charge in [0, 0.05) is 31.5 Å². The van der Waals surface area contributed by atoms with Crippen molar-refractivity contribution in [2.24, 2.45) is 0 Å². The Morgan fingerprint density at radius 2 is 1.82 bits per heavy atom. The third-order valence-corrected chi connectivity index (χ3v) is 9.03. The maximum Gasteiger partial charge on any atom is 0.247 e. The first-order valence-corrected chi connectivity index (χ1v) is 16.6. The van der Waals surface area contributed by atoms with Crippen molar-refractivity contribution in [3.05, 3.63) is 66.7 Å². The monoisotopic (exact) mass is 762 g/mol. The molecule has 0 radical (unpaired) electrons. The van der Waals surface area contributed by atoms with E-state index in [1.165, 1.54) is 7.11 Å². The van der Waals surface area contributed by atoms with Gasteiger partial charge in [0.2, 0.25) is 11.8 Å². The van der Waals surface area contributed by atoms with Gasteiger partial charge in [-0.2, -0.15) is 0 Å². The molecular weight excluding hydrogens is 722 g/mol. The molecule has 0 saturated carbocycles. The van der Waals surface area contributed by atoms with Crippen LogP contribution < -0.4 is 14.8 Å². The molecule has 0 aromatic heterocycles. The van der Waals surface area contributed by atoms with E-state index in [9.17, 15) is 24.9 Å². The summed E-state index contributed by atoms with van der Waals surface area (Å²) in [7, 11) is 1.47. The van der Waals surface area contributed by atoms with Gasteiger partial charge in [-0.15, -0.1) is 0 Å². The molecule has 4 N–H and O–H groups in total. The highest BCUT2D eigenvalue weighted by Gasteiger charge is 2.41. The molecule has 0 bridgehead atoms. The Labute approximate surface area is 282 Å². The molecule has 0 saturated heterocycles. The molecule has 242 valence electrons. The lowest BCUT2D eigenvalue weighted by molar-refractivity contribution is -0.139. The number of hydrogen-bond acceptors (Lipinski definition) is 7. The van der Waals surface area contributed by atoms with Crippen molar-refractivity contribution in [3.63, 3.8) is 0 Å². The Balaban J connectivity index is 2.01. The van der Waals surface area contributed by atoms with Gasteiger partial charge in [-0.25, -0.2) is 0 Å². The molecule has 1 aliphatic rings. The first-order chi connectivity index (χ1) is 21.1. The average Bonchev–Trinajstić information content (AvgIpc) is 3.01. The second-order valence-electron chi connectivity index (χ2n) is 10.7. The average molecular weight is 763 g/mol. The SMILES string of the molecule is CCCCCCCC(=O)N(Cc1ccc(Cl)c(Cl)c1)[C@@H]1CC(C(=O)NCCO)=C[C@H](Oc2c(I)cc(CO)cc2OC)[C@H]1O. The van der Waals surface area contributed by atoms with Gasteiger partial charge in [-0.3, -0.25) is 9.59 Å². The molecule has 0 heterocycles. The Hall–Kier alpha value is -2.09. The van der Waals surface area contributed by atoms with Crippen LogP contribution in [-0.2, 0) is 22.7 Å². The molecule has 2 aromatic rings. The smallest absolute Gasteiger partial charge is 0.247 e. The molecule has 0 fully saturated rings. The Morgan fingerprint density at radius 1 is 1.07 bits per heavy atom. The molecule has 9 nitrogen and oxygen atoms in total. The van der Waals surface area contributed by atoms with Crippen LogP contribution in [0.25, 0.3) is 0 Å². The number of benzene rings is 2. The lowest BCUT2D eigenvalue weighted by Gasteiger charge is -2.41. The van der Waals surface area contributed by atoms with Crippen LogP contribution >= 0.6 is 45.8 Å². The summed E-state index contributed by atoms with van der Waals surface area (Å²) < 4.78 is 12.5. The third-order valence-electron chi connectivity index (χ3n) is 7.49. The summed E-state index contributed by atoms with van der Waals surface area (Å²) in [5.41, 5.74) is 1.66. The van der Waals surface area contributed by atoms with Crippen LogP contribution in [0.2, 0.25) is 10.0 Å². The van der Waals surface area contributed by atoms with Crippen LogP contribution in [0.15, 0.2) is 42.0 Å². The minimum atomic E-state index is -1.21. The number of aliphatic hydroxyl groups is 3. The molecule has 0 unspecified atom stereocenters. The summed E-state index contributed by atoms with van der Waals surface area (Å²) in [5, 5.41) is 34.1. The lowest BCUT2D eigenvalue weighted by Crippen LogP contribution is -2.54. The summed E-state index contributed by atoms with van der Waals surface area (Å²) >= 11 is 14.5. The standard InChI is InChI=1S/C32H41Cl2IN2O7/c1-3-4-5-6-7-8-29(40)37(18-20-9-10-23(33)24(34)13-20)26-16-22(32(42)36-11-12-38)17-27(30(26)41)44-31-25(35)14-21(19-39)15-28(31)43-2/h9-10,13-15,17,26-27,30,38-39,41H,3-8,11-12,16,18-19H2,1-2H3,(H,36,42)/t26-,27+,30+/m1/s1. The second-order valence-corrected chi connectivity index (χ2v) is 12.7. The van der Waals surface area contributed by atoms with Gasteiger partial charge in [0.1, 0.15) is 12.2 Å². The number of amides is 2. The maximum atomic E-state index is 13.8. The molecule has 1 aliphatic carbocycles. The van der Waals surface area contributed by atoms with Crippen LogP contribution in [0.5, 0.6) is 11.5 Å². The largest absolute Gasteiger partial charge is 0.493 e. The molecule has 0 aliphatic heterocycles. The first kappa shape index (κ1) is 36.4. The van der Waals surface area contributed by atoms with Crippen molar-refractivity contribution in [3.8, 4) is 11.5 Å². The third kappa shape index (κ3) is 9.95. The minimum Gasteiger partial charge on any atom is -0.493 e. The van der Waals surface area contributed by atoms with Crippen molar-refractivity contribution in [1.82, 2.24) is 10.2 Å². The number of nitrogens with one attached hydrogen (secondary N) is 1. The number of hydrogen-bond donors (Lipinski definition) is 4. The molecule has 2 aromatic carbocycles. The van der Waals surface area contributed by atoms with E-state index in [0.29, 0.717) is 42.7 Å². The molecule has 2 amide bonds. The fourth-order valence-corrected chi connectivity index (χ4v) is 6.26. The van der Waals surface area contributed by atoms with Gasteiger partial charge in [0.25, 0.3) is 0 Å². The molecule has 12 heteroatoms. The van der Waals surface area contributed by atoms with Gasteiger partial charge in [0.05, 0.1) is 40.0 Å². The van der Waals surface area contributed by atoms with E-state index in [-0.39, 0.29) is 45.1 Å². The summed E-state index contributed by atoms with van der Waals surface area (Å²) in [6, 6.07) is 7.68. The number of carbonyl (C=O) groups excluding carboxylic acids is 2. The van der Waals surface area contributed by atoms with Gasteiger partial charge in [0.15, 0.2) is 11.5 Å². The van der Waals surface area contributed by atoms with Crippen LogP contribution in [0.3, 0.4) is 0 Å². The van der Waals surface area contributed by atoms with Crippen LogP contribution in [0, 0.1) is 3.57 Å². The van der Waals surface area contributed by atoms with E-state index >= 15 is 0 Å². The van der Waals surface area contributed by atoms with Crippen molar-refractivity contribution in [1.29, 1.82) is 0 Å². The van der Waals surface area contributed by atoms with E-state index in [2.05, 4.69) is 34.8 Å². The van der Waals surface area contributed by atoms with Crippen molar-refractivity contribution >= 4 is 57.6 Å². The number of unbranched alkanes of at least 4 members (excludes halogenated alkanes) is 4. The van der Waals surface area contributed by atoms with Crippen molar-refractivity contribution in [2.75, 3.05) is 20.3 Å². The topological polar surface area (TPSA) is 129 Å². The zero-order valence-corrected chi connectivity index (χ0v) is 28.7. The molecule has 44 heavy (non-hydrogen) atoms. The highest BCUT2D eigenvalue weighted by atomic mass is 127. The summed E-state index contributed by atoms with van der Waals surface area (Å²) in [6.45, 7) is 1.88. The van der Waals surface area contributed by atoms with Gasteiger partial charge in [-0.1, -0.05) is 61.9 Å². The predicted molar refractivity (Wildman–Crippen MR) is 179 cm³/mol. The number of rotatable bonds is 16. The summed E-state index contributed by atoms with van der Waals surface area (Å²) in [4.78, 5) is 28.6. The Morgan fingerprint density at radius 3 is 2.48 bits per heavy atom. The molecule has 0 spiro atoms. The van der Waals surface area contributed by atoms with E-state index < -0.39 is 24.2 Å². The summed E-state index contributed by atoms with van der Waals surface area (Å²) in [5.74, 6) is 0.0978. The van der Waals surface area contributed by atoms with E-state index in [4.69, 9.17) is 32.7 Å². The van der Waals surface area contributed by atoms with Crippen molar-refractivity contribution in [2.45, 2.75) is 83.3 Å². The zero-order valence-electron chi connectivity index (χ0n) is 25.0. The molecule has 3 atom stereocenters. The first-order valence-electron chi connectivity index (χ1n) is 14.8. The van der Waals surface area contributed by atoms with E-state index in [1.807, 2.05) is 0 Å². The molecule has 3 rings (SSSR count). The number of nitrogens with zero attached hydrogens (tertiary/aromatic N) is 1. The zero-order chi connectivity index (χ0) is 32.2. The van der Waals surface area contributed by atoms with Crippen molar-refractivity contribution < 1.29 is 34.4 Å². The van der Waals surface area contributed by atoms with Crippen LogP contribution in [0.4, 0.5) is 0 Å². The number of aliphatic hydroxyl groups excluding tert-OH is 3. The number of ether oxygens (including phenoxy) is 2. The number of carbonyl (C=O) groups is 2. The van der Waals surface area contributed by atoms with E-state index in [1.54, 1.807) is 41.3 Å². The number of methoxy groups -OCH3 is 1. The quantitative estimate of drug-likeness (QED) is 0.133. The fourth-order valence-electron chi connectivity index (χ4n) is 5.14. The molecular formula is C32H41Cl2IN2O7. The fraction of sp³-hybridized carbons (Fsp3) is 0.500. The number of halogens is 3. The highest BCUT2D eigenvalue weighted by Crippen LogP contribution is 2.37. The Kier molecular flexibility index (Phi) is 15.0. The van der Waals surface area contributed by atoms with E-state index in [0.717, 1.165) is 31.2 Å². The minimum absolute atomic E-state index is 0.0486. The highest BCUT2D eigenvalue weighted by molar-refractivity contribution is 14.1. The summed E-state index contributed by atoms with van der Waals surface area (Å²) in [6.07, 6.45) is 4.49. The van der Waals surface area contributed by atoms with Crippen LogP contribution in [0.1, 0.15) is 63.0 Å². The van der Waals surface area contributed by atoms with Gasteiger partial charge in [-0.05, 0) is 70.5 Å². The predicted octanol–water partition coefficient (Wildman–Crippen LogP) is 5.40. The maximum absolute atomic E-state index is 13.8. The van der Waals surface area contributed by atoms with Crippen LogP contribution in [-0.4, -0.2) is 70.5 Å². The normalized spacial score (nSPS) is 18.0.